The van der Waals surface area contributed by atoms with Crippen molar-refractivity contribution in [3.8, 4) is 0 Å². The molecule has 0 spiro atoms. The molecule has 7 aliphatic rings. The monoisotopic (exact) mass is 1550 g/mol. The summed E-state index contributed by atoms with van der Waals surface area (Å²) < 4.78 is 115. The molecule has 101 heavy (non-hydrogen) atoms. The molecule has 0 radical (unpaired) electrons. The van der Waals surface area contributed by atoms with Crippen LogP contribution >= 0.6 is 69.6 Å². The molecule has 7 aliphatic heterocycles. The zero-order valence-corrected chi connectivity index (χ0v) is 64.8. The van der Waals surface area contributed by atoms with Gasteiger partial charge in [-0.1, -0.05) is 183 Å². The minimum Gasteiger partial charge on any atom is -0.463 e. The maximum absolute atomic E-state index is 14.0. The molecule has 13 unspecified atom stereocenters. The number of rotatable bonds is 25. The Kier molecular flexibility index (Phi) is 31.1. The molecule has 0 saturated carbocycles. The highest BCUT2D eigenvalue weighted by Crippen LogP contribution is 2.46. The lowest BCUT2D eigenvalue weighted by atomic mass is 9.81. The predicted molar refractivity (Wildman–Crippen MR) is 369 cm³/mol. The number of carbonyl (C=O) groups excluding carboxylic acids is 5. The van der Waals surface area contributed by atoms with E-state index in [0.29, 0.717) is 25.7 Å². The summed E-state index contributed by atoms with van der Waals surface area (Å²) in [5, 5.41) is 8.87. The fourth-order valence-electron chi connectivity index (χ4n) is 14.8. The molecule has 7 saturated heterocycles. The van der Waals surface area contributed by atoms with Gasteiger partial charge < -0.3 is 101 Å². The topological polar surface area (TPSA) is 288 Å². The SMILES string of the molecule is CCO[C@@H]1OC(CC)[C@@H](O[C@@H]2OC(CC)[C@@H](O[C@@H]3OC4COC(c5ccccc5)O[C@H]4[C@H](O[C@H]4OC(CC)[C@@H](C)[C@H](C)C4O[C@@H]4OC(CC)[C@@H](O[C@@H]5OC(COC(C)=O)[C@H](C)[C@H](C)C5OC(C)=O)[C@H](C)C4NC(C)=O)C3C)[C@H](C)C2NC(=O)OCC(Cl)(Cl)Cl)[C@H](C)C1NC(=O)OCC(Cl)(Cl)Cl. The van der Waals surface area contributed by atoms with Crippen LogP contribution in [-0.4, -0.2) is 206 Å². The van der Waals surface area contributed by atoms with Gasteiger partial charge in [-0.2, -0.15) is 0 Å². The number of nitrogens with one attached hydrogen (secondary N) is 3. The number of ether oxygens (including phenoxy) is 18. The summed E-state index contributed by atoms with van der Waals surface area (Å²) in [5.74, 6) is -4.59. The summed E-state index contributed by atoms with van der Waals surface area (Å²) in [4.78, 5) is 65.4. The standard InChI is InChI=1S/C69H105Cl6N3O23/c1-17-43-31(6)33(8)57(100-62-50(76-39(14)79)36(11)54(46(20-4)92-62)98-64-56(89-41(16)81)34(9)32(7)47(94-64)27-85-40(15)80)65(90-43)99-55-38(13)59(95-48-28-86-60(101-58(48)55)42-25-23-22-24-26-42)96-52-37(12)51(78-67(83)88-30-69(73,74)75)63(93-45(52)19-3)97-53-35(10)49(61(84-21-5)91-44(53)18-2)77-66(82)87-29-68(70,71)72/h22-26,31-38,43-65H,17-21,27-30H2,1-16H3,(H,76,79)(H,77,82)(H,78,83)/t31-,32+,33-,34-,35+,36+,37+,38?,43?,44?,45?,46?,47?,48?,49?,50?,51?,52-,53-,54-,55+,56?,57?,58+,59-,60?,61+,62-,63-,64-,65+/m0/s1. The summed E-state index contributed by atoms with van der Waals surface area (Å²) in [5.41, 5.74) is 0.768. The first kappa shape index (κ1) is 84.0. The van der Waals surface area contributed by atoms with Crippen molar-refractivity contribution in [2.24, 2.45) is 47.3 Å². The highest BCUT2D eigenvalue weighted by molar-refractivity contribution is 6.68. The maximum Gasteiger partial charge on any atom is 0.407 e. The third-order valence-electron chi connectivity index (χ3n) is 20.7. The van der Waals surface area contributed by atoms with Crippen molar-refractivity contribution in [1.29, 1.82) is 0 Å². The molecule has 31 atom stereocenters. The summed E-state index contributed by atoms with van der Waals surface area (Å²) in [6.07, 6.45) is -16.9. The van der Waals surface area contributed by atoms with Gasteiger partial charge in [-0.15, -0.1) is 0 Å². The minimum absolute atomic E-state index is 0.0459. The largest absolute Gasteiger partial charge is 0.463 e. The van der Waals surface area contributed by atoms with Crippen molar-refractivity contribution in [3.05, 3.63) is 35.9 Å². The number of alkyl carbamates (subject to hydrolysis) is 2. The van der Waals surface area contributed by atoms with Gasteiger partial charge in [-0.25, -0.2) is 9.59 Å². The van der Waals surface area contributed by atoms with Gasteiger partial charge in [0.25, 0.3) is 0 Å². The molecule has 0 bridgehead atoms. The van der Waals surface area contributed by atoms with Gasteiger partial charge in [-0.05, 0) is 50.4 Å². The zero-order chi connectivity index (χ0) is 74.1. The highest BCUT2D eigenvalue weighted by Gasteiger charge is 2.58. The van der Waals surface area contributed by atoms with Gasteiger partial charge in [0.2, 0.25) is 13.5 Å². The molecular weight excluding hydrogens is 1450 g/mol. The van der Waals surface area contributed by atoms with E-state index in [9.17, 15) is 24.0 Å². The molecular formula is C69H105Cl6N3O23. The minimum atomic E-state index is -1.96. The molecule has 0 aromatic heterocycles. The van der Waals surface area contributed by atoms with Crippen molar-refractivity contribution in [2.45, 2.75) is 286 Å². The number of amides is 3. The molecule has 0 aliphatic carbocycles. The maximum atomic E-state index is 14.0. The van der Waals surface area contributed by atoms with Gasteiger partial charge in [0.1, 0.15) is 38.1 Å². The van der Waals surface area contributed by atoms with Crippen LogP contribution in [0.3, 0.4) is 0 Å². The number of carbonyl (C=O) groups is 5. The van der Waals surface area contributed by atoms with Crippen LogP contribution in [-0.2, 0) is 99.6 Å². The molecule has 576 valence electrons. The van der Waals surface area contributed by atoms with Crippen LogP contribution in [0.1, 0.15) is 148 Å². The molecule has 7 heterocycles. The number of fused-ring (bicyclic) bond motifs is 1. The van der Waals surface area contributed by atoms with E-state index in [2.05, 4.69) is 29.8 Å². The van der Waals surface area contributed by atoms with Crippen molar-refractivity contribution in [2.75, 3.05) is 33.0 Å². The Bertz CT molecular complexity index is 2820. The normalized spacial score (nSPS) is 40.7. The number of benzene rings is 1. The Balaban J connectivity index is 1.10. The third kappa shape index (κ3) is 21.6. The van der Waals surface area contributed by atoms with Crippen molar-refractivity contribution >= 4 is 99.6 Å². The van der Waals surface area contributed by atoms with Gasteiger partial charge >= 0.3 is 24.1 Å². The van der Waals surface area contributed by atoms with E-state index in [-0.39, 0.29) is 55.5 Å². The predicted octanol–water partition coefficient (Wildman–Crippen LogP) is 11.1. The molecule has 7 fully saturated rings. The zero-order valence-electron chi connectivity index (χ0n) is 60.3. The van der Waals surface area contributed by atoms with Gasteiger partial charge in [0, 0.05) is 62.5 Å². The molecule has 1 aromatic carbocycles. The molecule has 1 aromatic rings. The van der Waals surface area contributed by atoms with Crippen LogP contribution in [0.4, 0.5) is 9.59 Å². The first-order chi connectivity index (χ1) is 47.7. The fourth-order valence-corrected chi connectivity index (χ4v) is 15.1. The second-order valence-electron chi connectivity index (χ2n) is 27.7. The van der Waals surface area contributed by atoms with Crippen molar-refractivity contribution < 1.29 is 109 Å². The lowest BCUT2D eigenvalue weighted by molar-refractivity contribution is -0.400. The molecule has 26 nitrogen and oxygen atoms in total. The average molecular weight is 1560 g/mol. The number of alkyl halides is 6. The quantitative estimate of drug-likeness (QED) is 0.0466. The summed E-state index contributed by atoms with van der Waals surface area (Å²) in [7, 11) is 0. The second-order valence-corrected chi connectivity index (χ2v) is 32.8. The summed E-state index contributed by atoms with van der Waals surface area (Å²) in [6.45, 7) is 28.4. The van der Waals surface area contributed by atoms with E-state index in [1.54, 1.807) is 6.92 Å². The third-order valence-corrected chi connectivity index (χ3v) is 21.4. The second kappa shape index (κ2) is 37.4. The number of hydrogen-bond acceptors (Lipinski definition) is 23. The average Bonchev–Trinajstić information content (AvgIpc) is 0.760. The Morgan fingerprint density at radius 3 is 1.38 bits per heavy atom. The molecule has 3 N–H and O–H groups in total. The Morgan fingerprint density at radius 1 is 0.446 bits per heavy atom. The van der Waals surface area contributed by atoms with E-state index in [4.69, 9.17) is 155 Å². The van der Waals surface area contributed by atoms with Crippen LogP contribution < -0.4 is 16.0 Å². The highest BCUT2D eigenvalue weighted by atomic mass is 35.6. The summed E-state index contributed by atoms with van der Waals surface area (Å²) >= 11 is 36.0. The van der Waals surface area contributed by atoms with E-state index in [1.807, 2.05) is 99.6 Å². The van der Waals surface area contributed by atoms with E-state index < -0.39 is 204 Å². The number of esters is 2. The van der Waals surface area contributed by atoms with Crippen LogP contribution in [0.2, 0.25) is 0 Å². The number of halogens is 6. The van der Waals surface area contributed by atoms with E-state index in [0.717, 1.165) is 5.56 Å². The summed E-state index contributed by atoms with van der Waals surface area (Å²) in [6, 6.07) is 6.78. The lowest BCUT2D eigenvalue weighted by Crippen LogP contribution is -2.67. The smallest absolute Gasteiger partial charge is 0.407 e. The van der Waals surface area contributed by atoms with Gasteiger partial charge in [0.15, 0.2) is 50.1 Å². The molecule has 8 rings (SSSR count). The molecule has 32 heteroatoms. The Labute approximate surface area is 623 Å². The van der Waals surface area contributed by atoms with Crippen LogP contribution in [0.25, 0.3) is 0 Å². The van der Waals surface area contributed by atoms with E-state index >= 15 is 0 Å². The van der Waals surface area contributed by atoms with Gasteiger partial charge in [0.05, 0.1) is 79.7 Å². The molecule has 3 amide bonds. The van der Waals surface area contributed by atoms with Crippen LogP contribution in [0.15, 0.2) is 30.3 Å². The first-order valence-electron chi connectivity index (χ1n) is 35.4. The Morgan fingerprint density at radius 2 is 0.881 bits per heavy atom. The number of hydrogen-bond donors (Lipinski definition) is 3. The fraction of sp³-hybridized carbons (Fsp3) is 0.841. The van der Waals surface area contributed by atoms with Crippen molar-refractivity contribution in [1.82, 2.24) is 16.0 Å². The van der Waals surface area contributed by atoms with Gasteiger partial charge in [-0.3, -0.25) is 14.4 Å². The first-order valence-corrected chi connectivity index (χ1v) is 37.7. The van der Waals surface area contributed by atoms with Crippen molar-refractivity contribution in [3.63, 3.8) is 0 Å². The van der Waals surface area contributed by atoms with Crippen LogP contribution in [0, 0.1) is 47.3 Å². The van der Waals surface area contributed by atoms with Crippen LogP contribution in [0.5, 0.6) is 0 Å². The lowest BCUT2D eigenvalue weighted by Gasteiger charge is -2.54. The van der Waals surface area contributed by atoms with E-state index in [1.165, 1.54) is 20.8 Å². The Hall–Kier alpha value is -2.65.